The largest absolute Gasteiger partial charge is 0.417 e. The summed E-state index contributed by atoms with van der Waals surface area (Å²) in [6, 6.07) is -0.591. The Morgan fingerprint density at radius 2 is 1.91 bits per heavy atom. The predicted molar refractivity (Wildman–Crippen MR) is 110 cm³/mol. The topological polar surface area (TPSA) is 62.2 Å². The molecule has 0 spiro atoms. The number of nitrogens with one attached hydrogen (secondary N) is 1. The van der Waals surface area contributed by atoms with Gasteiger partial charge in [-0.1, -0.05) is 36.8 Å². The van der Waals surface area contributed by atoms with Gasteiger partial charge < -0.3 is 10.4 Å². The summed E-state index contributed by atoms with van der Waals surface area (Å²) in [5.74, 6) is -4.23. The van der Waals surface area contributed by atoms with E-state index in [9.17, 15) is 31.9 Å². The Labute approximate surface area is 191 Å². The summed E-state index contributed by atoms with van der Waals surface area (Å²) in [5.41, 5.74) is -3.35. The van der Waals surface area contributed by atoms with Gasteiger partial charge in [-0.05, 0) is 30.4 Å². The molecule has 0 saturated heterocycles. The first-order chi connectivity index (χ1) is 14.8. The molecule has 0 bridgehead atoms. The average Bonchev–Trinajstić information content (AvgIpc) is 2.70. The van der Waals surface area contributed by atoms with Gasteiger partial charge in [-0.15, -0.1) is 11.6 Å². The highest BCUT2D eigenvalue weighted by molar-refractivity contribution is 6.34. The van der Waals surface area contributed by atoms with Crippen molar-refractivity contribution in [1.29, 1.82) is 0 Å². The first-order valence-corrected chi connectivity index (χ1v) is 10.7. The van der Waals surface area contributed by atoms with Crippen LogP contribution in [-0.4, -0.2) is 38.9 Å². The second kappa shape index (κ2) is 8.91. The zero-order valence-electron chi connectivity index (χ0n) is 16.9. The van der Waals surface area contributed by atoms with Crippen LogP contribution in [0.15, 0.2) is 36.1 Å². The third-order valence-corrected chi connectivity index (χ3v) is 6.92. The molecular weight excluding hydrogens is 478 g/mol. The average molecular weight is 499 g/mol. The molecule has 32 heavy (non-hydrogen) atoms. The lowest BCUT2D eigenvalue weighted by atomic mass is 9.73. The van der Waals surface area contributed by atoms with Crippen molar-refractivity contribution in [2.75, 3.05) is 0 Å². The number of aromatic nitrogens is 1. The van der Waals surface area contributed by atoms with Crippen LogP contribution in [0.1, 0.15) is 48.7 Å². The van der Waals surface area contributed by atoms with Crippen LogP contribution in [-0.2, 0) is 6.18 Å². The van der Waals surface area contributed by atoms with E-state index in [2.05, 4.69) is 10.3 Å². The molecule has 1 amide bonds. The molecular formula is C21H21Cl2F5N2O2. The van der Waals surface area contributed by atoms with E-state index in [1.807, 2.05) is 0 Å². The van der Waals surface area contributed by atoms with E-state index < -0.39 is 64.1 Å². The van der Waals surface area contributed by atoms with Crippen LogP contribution < -0.4 is 5.32 Å². The molecule has 3 rings (SSSR count). The molecule has 2 aliphatic carbocycles. The Kier molecular flexibility index (Phi) is 6.94. The number of rotatable bonds is 4. The van der Waals surface area contributed by atoms with Gasteiger partial charge in [-0.2, -0.15) is 13.2 Å². The summed E-state index contributed by atoms with van der Waals surface area (Å²) >= 11 is 12.3. The number of halogens is 7. The Bertz CT molecular complexity index is 939. The molecule has 1 heterocycles. The van der Waals surface area contributed by atoms with Gasteiger partial charge >= 0.3 is 6.18 Å². The number of nitrogens with zero attached hydrogens (tertiary/aromatic N) is 1. The van der Waals surface area contributed by atoms with Crippen LogP contribution >= 0.6 is 23.2 Å². The SMILES string of the molecule is CC1C=CC=C(C(NC(=O)c2nccc(C(F)(F)F)c2Cl)C2(O)CCC(F)(F)CC2)C1Cl. The molecule has 4 nitrogen and oxygen atoms in total. The number of carbonyl (C=O) groups excluding carboxylic acids is 1. The number of allylic oxidation sites excluding steroid dienone is 3. The molecule has 0 aliphatic heterocycles. The molecule has 2 N–H and O–H groups in total. The first-order valence-electron chi connectivity index (χ1n) is 9.90. The van der Waals surface area contributed by atoms with E-state index in [0.29, 0.717) is 11.6 Å². The van der Waals surface area contributed by atoms with E-state index in [1.165, 1.54) is 0 Å². The van der Waals surface area contributed by atoms with Crippen molar-refractivity contribution in [1.82, 2.24) is 10.3 Å². The fraction of sp³-hybridized carbons (Fsp3) is 0.524. The summed E-state index contributed by atoms with van der Waals surface area (Å²) in [5, 5.41) is 12.2. The van der Waals surface area contributed by atoms with E-state index in [-0.39, 0.29) is 18.8 Å². The summed E-state index contributed by atoms with van der Waals surface area (Å²) in [6.07, 6.45) is -0.888. The van der Waals surface area contributed by atoms with Gasteiger partial charge in [-0.25, -0.2) is 13.8 Å². The first kappa shape index (κ1) is 24.9. The highest BCUT2D eigenvalue weighted by atomic mass is 35.5. The van der Waals surface area contributed by atoms with Crippen molar-refractivity contribution in [3.63, 3.8) is 0 Å². The van der Waals surface area contributed by atoms with E-state index in [4.69, 9.17) is 23.2 Å². The molecule has 2 aliphatic rings. The van der Waals surface area contributed by atoms with E-state index >= 15 is 0 Å². The number of aliphatic hydroxyl groups is 1. The van der Waals surface area contributed by atoms with Crippen LogP contribution in [0.25, 0.3) is 0 Å². The maximum atomic E-state index is 13.7. The Morgan fingerprint density at radius 1 is 1.28 bits per heavy atom. The number of amides is 1. The predicted octanol–water partition coefficient (Wildman–Crippen LogP) is 5.53. The quantitative estimate of drug-likeness (QED) is 0.423. The van der Waals surface area contributed by atoms with Gasteiger partial charge in [0.05, 0.1) is 27.6 Å². The number of carbonyl (C=O) groups is 1. The van der Waals surface area contributed by atoms with Crippen LogP contribution in [0.3, 0.4) is 0 Å². The number of hydrogen-bond donors (Lipinski definition) is 2. The van der Waals surface area contributed by atoms with Gasteiger partial charge in [0, 0.05) is 19.0 Å². The van der Waals surface area contributed by atoms with Crippen molar-refractivity contribution < 1.29 is 31.9 Å². The van der Waals surface area contributed by atoms with Crippen molar-refractivity contribution >= 4 is 29.1 Å². The molecule has 0 radical (unpaired) electrons. The van der Waals surface area contributed by atoms with Gasteiger partial charge in [0.25, 0.3) is 5.91 Å². The maximum Gasteiger partial charge on any atom is 0.417 e. The lowest BCUT2D eigenvalue weighted by Crippen LogP contribution is -2.58. The standard InChI is InChI=1S/C21H21Cl2F5N2O2/c1-11-3-2-4-12(14(11)22)17(19(32)6-8-20(24,25)9-7-19)30-18(31)16-15(23)13(5-10-29-16)21(26,27)28/h2-5,10-11,14,17,32H,6-9H2,1H3,(H,30,31). The Hall–Kier alpha value is -1.71. The van der Waals surface area contributed by atoms with Gasteiger partial charge in [0.15, 0.2) is 0 Å². The van der Waals surface area contributed by atoms with Crippen LogP contribution in [0, 0.1) is 5.92 Å². The van der Waals surface area contributed by atoms with Gasteiger partial charge in [0.2, 0.25) is 5.92 Å². The molecule has 1 aromatic heterocycles. The smallest absolute Gasteiger partial charge is 0.387 e. The molecule has 1 fully saturated rings. The summed E-state index contributed by atoms with van der Waals surface area (Å²) in [4.78, 5) is 16.6. The second-order valence-corrected chi connectivity index (χ2v) is 9.05. The fourth-order valence-corrected chi connectivity index (χ4v) is 4.56. The van der Waals surface area contributed by atoms with Crippen molar-refractivity contribution in [2.24, 2.45) is 5.92 Å². The van der Waals surface area contributed by atoms with Gasteiger partial charge in [-0.3, -0.25) is 4.79 Å². The number of pyridine rings is 1. The monoisotopic (exact) mass is 498 g/mol. The lowest BCUT2D eigenvalue weighted by Gasteiger charge is -2.44. The van der Waals surface area contributed by atoms with Crippen molar-refractivity contribution in [2.45, 2.75) is 61.7 Å². The lowest BCUT2D eigenvalue weighted by molar-refractivity contribution is -0.137. The fourth-order valence-electron chi connectivity index (χ4n) is 3.98. The Morgan fingerprint density at radius 3 is 2.50 bits per heavy atom. The third kappa shape index (κ3) is 5.10. The van der Waals surface area contributed by atoms with E-state index in [1.54, 1.807) is 25.2 Å². The molecule has 11 heteroatoms. The third-order valence-electron chi connectivity index (χ3n) is 5.89. The molecule has 3 unspecified atom stereocenters. The van der Waals surface area contributed by atoms with Crippen LogP contribution in [0.2, 0.25) is 5.02 Å². The number of alkyl halides is 6. The molecule has 176 valence electrons. The summed E-state index contributed by atoms with van der Waals surface area (Å²) in [7, 11) is 0. The minimum Gasteiger partial charge on any atom is -0.387 e. The van der Waals surface area contributed by atoms with Gasteiger partial charge in [0.1, 0.15) is 5.69 Å². The molecule has 1 aromatic rings. The normalized spacial score (nSPS) is 25.7. The van der Waals surface area contributed by atoms with Crippen LogP contribution in [0.4, 0.5) is 22.0 Å². The summed E-state index contributed by atoms with van der Waals surface area (Å²) in [6.45, 7) is 1.80. The zero-order valence-corrected chi connectivity index (χ0v) is 18.4. The summed E-state index contributed by atoms with van der Waals surface area (Å²) < 4.78 is 67.0. The van der Waals surface area contributed by atoms with E-state index in [0.717, 1.165) is 6.20 Å². The molecule has 1 saturated carbocycles. The highest BCUT2D eigenvalue weighted by Crippen LogP contribution is 2.43. The van der Waals surface area contributed by atoms with Crippen molar-refractivity contribution in [3.8, 4) is 0 Å². The molecule has 3 atom stereocenters. The zero-order chi connectivity index (χ0) is 23.9. The number of hydrogen-bond acceptors (Lipinski definition) is 3. The second-order valence-electron chi connectivity index (χ2n) is 8.20. The minimum absolute atomic E-state index is 0.194. The minimum atomic E-state index is -4.81. The van der Waals surface area contributed by atoms with Crippen molar-refractivity contribution in [3.05, 3.63) is 52.3 Å². The Balaban J connectivity index is 1.98. The van der Waals surface area contributed by atoms with Crippen LogP contribution in [0.5, 0.6) is 0 Å². The highest BCUT2D eigenvalue weighted by Gasteiger charge is 2.49. The molecule has 0 aromatic carbocycles. The maximum absolute atomic E-state index is 13.7.